The van der Waals surface area contributed by atoms with Crippen LogP contribution in [0, 0.1) is 0 Å². The second-order valence-corrected chi connectivity index (χ2v) is 7.35. The normalized spacial score (nSPS) is 11.6. The maximum atomic E-state index is 12.3. The predicted octanol–water partition coefficient (Wildman–Crippen LogP) is 2.29. The number of esters is 1. The van der Waals surface area contributed by atoms with Gasteiger partial charge in [0, 0.05) is 13.0 Å². The van der Waals surface area contributed by atoms with E-state index in [4.69, 9.17) is 10.5 Å². The Hall–Kier alpha value is -3.35. The number of hydrogen-bond donors (Lipinski definition) is 3. The van der Waals surface area contributed by atoms with Gasteiger partial charge >= 0.3 is 12.0 Å². The number of ether oxygens (including phenoxy) is 1. The minimum Gasteiger partial charge on any atom is -0.454 e. The van der Waals surface area contributed by atoms with Gasteiger partial charge in [0.1, 0.15) is 6.04 Å². The van der Waals surface area contributed by atoms with Crippen molar-refractivity contribution in [2.75, 3.05) is 13.2 Å². The van der Waals surface area contributed by atoms with Gasteiger partial charge in [0.15, 0.2) is 6.61 Å². The molecule has 0 fully saturated rings. The number of carbonyl (C=O) groups is 3. The molecule has 0 aliphatic carbocycles. The standard InChI is InChI=1S/C23H29N3O4/c1-16(2)19-10-8-17(9-11-19)12-13-25-21(27)15-30-22(28)20(26-23(24)29)14-18-6-4-3-5-7-18/h3-11,16,20H,12-15H2,1-2H3,(H,25,27)(H3,24,26,29)/t20-/m0/s1. The third kappa shape index (κ3) is 7.95. The molecule has 7 nitrogen and oxygen atoms in total. The summed E-state index contributed by atoms with van der Waals surface area (Å²) in [6.07, 6.45) is 0.897. The van der Waals surface area contributed by atoms with Crippen LogP contribution in [0.4, 0.5) is 4.79 Å². The number of rotatable bonds is 10. The van der Waals surface area contributed by atoms with Gasteiger partial charge in [-0.25, -0.2) is 9.59 Å². The maximum Gasteiger partial charge on any atom is 0.329 e. The summed E-state index contributed by atoms with van der Waals surface area (Å²) in [5.74, 6) is -0.639. The fourth-order valence-electron chi connectivity index (χ4n) is 2.92. The number of amides is 3. The molecule has 2 rings (SSSR count). The van der Waals surface area contributed by atoms with Crippen LogP contribution < -0.4 is 16.4 Å². The zero-order valence-electron chi connectivity index (χ0n) is 17.4. The summed E-state index contributed by atoms with van der Waals surface area (Å²) in [6, 6.07) is 15.6. The molecule has 0 bridgehead atoms. The average Bonchev–Trinajstić information content (AvgIpc) is 2.72. The Labute approximate surface area is 177 Å². The largest absolute Gasteiger partial charge is 0.454 e. The second kappa shape index (κ2) is 11.6. The van der Waals surface area contributed by atoms with Gasteiger partial charge in [-0.05, 0) is 29.0 Å². The van der Waals surface area contributed by atoms with Gasteiger partial charge in [0.05, 0.1) is 0 Å². The van der Waals surface area contributed by atoms with Gasteiger partial charge < -0.3 is 21.1 Å². The highest BCUT2D eigenvalue weighted by Crippen LogP contribution is 2.14. The molecule has 0 saturated carbocycles. The zero-order chi connectivity index (χ0) is 21.9. The average molecular weight is 412 g/mol. The van der Waals surface area contributed by atoms with Crippen molar-refractivity contribution in [1.29, 1.82) is 0 Å². The van der Waals surface area contributed by atoms with Crippen molar-refractivity contribution in [3.63, 3.8) is 0 Å². The molecule has 2 aromatic rings. The molecule has 0 heterocycles. The van der Waals surface area contributed by atoms with Crippen molar-refractivity contribution in [3.8, 4) is 0 Å². The van der Waals surface area contributed by atoms with E-state index in [9.17, 15) is 14.4 Å². The molecule has 0 unspecified atom stereocenters. The highest BCUT2D eigenvalue weighted by Gasteiger charge is 2.22. The molecular weight excluding hydrogens is 382 g/mol. The van der Waals surface area contributed by atoms with Gasteiger partial charge in [-0.2, -0.15) is 0 Å². The fourth-order valence-corrected chi connectivity index (χ4v) is 2.92. The van der Waals surface area contributed by atoms with E-state index in [1.165, 1.54) is 5.56 Å². The van der Waals surface area contributed by atoms with Gasteiger partial charge in [-0.1, -0.05) is 68.4 Å². The topological polar surface area (TPSA) is 111 Å². The van der Waals surface area contributed by atoms with E-state index in [2.05, 4.69) is 36.6 Å². The third-order valence-corrected chi connectivity index (χ3v) is 4.61. The lowest BCUT2D eigenvalue weighted by atomic mass is 10.0. The molecule has 0 radical (unpaired) electrons. The number of carbonyl (C=O) groups excluding carboxylic acids is 3. The number of primary amides is 1. The maximum absolute atomic E-state index is 12.3. The first-order valence-corrected chi connectivity index (χ1v) is 9.97. The van der Waals surface area contributed by atoms with Crippen LogP contribution in [0.3, 0.4) is 0 Å². The summed E-state index contributed by atoms with van der Waals surface area (Å²) < 4.78 is 5.06. The lowest BCUT2D eigenvalue weighted by molar-refractivity contribution is -0.150. The number of urea groups is 1. The van der Waals surface area contributed by atoms with Crippen LogP contribution in [0.2, 0.25) is 0 Å². The molecule has 160 valence electrons. The number of hydrogen-bond acceptors (Lipinski definition) is 4. The quantitative estimate of drug-likeness (QED) is 0.521. The van der Waals surface area contributed by atoms with E-state index in [0.29, 0.717) is 18.9 Å². The van der Waals surface area contributed by atoms with Crippen LogP contribution >= 0.6 is 0 Å². The zero-order valence-corrected chi connectivity index (χ0v) is 17.4. The van der Waals surface area contributed by atoms with Crippen molar-refractivity contribution in [2.24, 2.45) is 5.73 Å². The molecular formula is C23H29N3O4. The first-order chi connectivity index (χ1) is 14.3. The molecule has 0 aliphatic heterocycles. The Morgan fingerprint density at radius 2 is 1.63 bits per heavy atom. The summed E-state index contributed by atoms with van der Waals surface area (Å²) in [4.78, 5) is 35.5. The summed E-state index contributed by atoms with van der Waals surface area (Å²) >= 11 is 0. The summed E-state index contributed by atoms with van der Waals surface area (Å²) in [5.41, 5.74) is 8.37. The van der Waals surface area contributed by atoms with E-state index in [1.54, 1.807) is 0 Å². The number of benzene rings is 2. The molecule has 0 aliphatic rings. The summed E-state index contributed by atoms with van der Waals surface area (Å²) in [6.45, 7) is 4.29. The van der Waals surface area contributed by atoms with Crippen LogP contribution in [0.1, 0.15) is 36.5 Å². The molecule has 0 aromatic heterocycles. The Balaban J connectivity index is 1.77. The SMILES string of the molecule is CC(C)c1ccc(CCNC(=O)COC(=O)[C@H](Cc2ccccc2)NC(N)=O)cc1. The lowest BCUT2D eigenvalue weighted by Gasteiger charge is -2.16. The summed E-state index contributed by atoms with van der Waals surface area (Å²) in [5, 5.41) is 5.09. The molecule has 4 N–H and O–H groups in total. The van der Waals surface area contributed by atoms with Gasteiger partial charge in [0.2, 0.25) is 0 Å². The van der Waals surface area contributed by atoms with Gasteiger partial charge in [0.25, 0.3) is 5.91 Å². The highest BCUT2D eigenvalue weighted by molar-refractivity contribution is 5.85. The first kappa shape index (κ1) is 22.9. The molecule has 0 spiro atoms. The van der Waals surface area contributed by atoms with Gasteiger partial charge in [-0.15, -0.1) is 0 Å². The molecule has 1 atom stereocenters. The van der Waals surface area contributed by atoms with Crippen LogP contribution in [0.5, 0.6) is 0 Å². The predicted molar refractivity (Wildman–Crippen MR) is 115 cm³/mol. The van der Waals surface area contributed by atoms with Crippen LogP contribution in [0.15, 0.2) is 54.6 Å². The van der Waals surface area contributed by atoms with Crippen molar-refractivity contribution < 1.29 is 19.1 Å². The van der Waals surface area contributed by atoms with Crippen molar-refractivity contribution in [3.05, 3.63) is 71.3 Å². The minimum absolute atomic E-state index is 0.219. The smallest absolute Gasteiger partial charge is 0.329 e. The van der Waals surface area contributed by atoms with Crippen molar-refractivity contribution in [2.45, 2.75) is 38.6 Å². The molecule has 30 heavy (non-hydrogen) atoms. The lowest BCUT2D eigenvalue weighted by Crippen LogP contribution is -2.46. The van der Waals surface area contributed by atoms with E-state index in [-0.39, 0.29) is 6.42 Å². The Bertz CT molecular complexity index is 835. The summed E-state index contributed by atoms with van der Waals surface area (Å²) in [7, 11) is 0. The molecule has 2 aromatic carbocycles. The highest BCUT2D eigenvalue weighted by atomic mass is 16.5. The van der Waals surface area contributed by atoms with Crippen LogP contribution in [0.25, 0.3) is 0 Å². The van der Waals surface area contributed by atoms with E-state index in [1.807, 2.05) is 42.5 Å². The molecule has 3 amide bonds. The molecule has 7 heteroatoms. The Morgan fingerprint density at radius 1 is 0.967 bits per heavy atom. The Morgan fingerprint density at radius 3 is 2.23 bits per heavy atom. The van der Waals surface area contributed by atoms with Gasteiger partial charge in [-0.3, -0.25) is 4.79 Å². The van der Waals surface area contributed by atoms with Crippen molar-refractivity contribution >= 4 is 17.9 Å². The first-order valence-electron chi connectivity index (χ1n) is 9.97. The second-order valence-electron chi connectivity index (χ2n) is 7.35. The number of nitrogens with two attached hydrogens (primary N) is 1. The monoisotopic (exact) mass is 411 g/mol. The molecule has 0 saturated heterocycles. The van der Waals surface area contributed by atoms with Crippen LogP contribution in [-0.2, 0) is 27.2 Å². The van der Waals surface area contributed by atoms with E-state index < -0.39 is 30.6 Å². The van der Waals surface area contributed by atoms with E-state index >= 15 is 0 Å². The Kier molecular flexibility index (Phi) is 8.87. The number of nitrogens with one attached hydrogen (secondary N) is 2. The van der Waals surface area contributed by atoms with Crippen LogP contribution in [-0.4, -0.2) is 37.1 Å². The van der Waals surface area contributed by atoms with Crippen molar-refractivity contribution in [1.82, 2.24) is 10.6 Å². The minimum atomic E-state index is -0.961. The fraction of sp³-hybridized carbons (Fsp3) is 0.348. The van der Waals surface area contributed by atoms with E-state index in [0.717, 1.165) is 11.1 Å². The third-order valence-electron chi connectivity index (χ3n) is 4.61.